The summed E-state index contributed by atoms with van der Waals surface area (Å²) in [5.41, 5.74) is 4.12. The van der Waals surface area contributed by atoms with Gasteiger partial charge in [0, 0.05) is 68.5 Å². The Morgan fingerprint density at radius 3 is 1.83 bits per heavy atom. The van der Waals surface area contributed by atoms with Gasteiger partial charge in [-0.3, -0.25) is 28.8 Å². The Hall–Kier alpha value is -5.76. The lowest BCUT2D eigenvalue weighted by atomic mass is 9.86. The van der Waals surface area contributed by atoms with Crippen molar-refractivity contribution in [3.63, 3.8) is 0 Å². The molecule has 2 aliphatic carbocycles. The molecule has 3 aromatic heterocycles. The third kappa shape index (κ3) is 7.64. The van der Waals surface area contributed by atoms with Gasteiger partial charge in [-0.25, -0.2) is 0 Å². The largest absolute Gasteiger partial charge is 0.495 e. The molecule has 12 heteroatoms. The molecule has 9 rings (SSSR count). The molecule has 294 valence electrons. The minimum atomic E-state index is -0.255. The lowest BCUT2D eigenvalue weighted by molar-refractivity contribution is 0.0970. The van der Waals surface area contributed by atoms with Crippen molar-refractivity contribution in [2.75, 3.05) is 21.3 Å². The molecule has 0 radical (unpaired) electrons. The van der Waals surface area contributed by atoms with Crippen LogP contribution in [0.25, 0.3) is 20.9 Å². The number of benzene rings is 4. The number of ether oxygens (including phenoxy) is 3. The van der Waals surface area contributed by atoms with Crippen LogP contribution in [-0.4, -0.2) is 56.0 Å². The number of hydrogen-bond acceptors (Lipinski definition) is 12. The molecule has 0 N–H and O–H groups in total. The Kier molecular flexibility index (Phi) is 12.6. The predicted octanol–water partition coefficient (Wildman–Crippen LogP) is 10.4. The summed E-state index contributed by atoms with van der Waals surface area (Å²) < 4.78 is 16.9. The van der Waals surface area contributed by atoms with Crippen LogP contribution in [0.1, 0.15) is 115 Å². The number of ketones is 6. The average Bonchev–Trinajstić information content (AvgIpc) is 3.99. The van der Waals surface area contributed by atoms with Gasteiger partial charge in [-0.1, -0.05) is 43.8 Å². The van der Waals surface area contributed by atoms with E-state index in [0.29, 0.717) is 61.2 Å². The summed E-state index contributed by atoms with van der Waals surface area (Å²) in [7, 11) is 4.88. The molecule has 0 bridgehead atoms. The van der Waals surface area contributed by atoms with Gasteiger partial charge in [0.05, 0.1) is 40.5 Å². The van der Waals surface area contributed by atoms with E-state index in [2.05, 4.69) is 35.7 Å². The van der Waals surface area contributed by atoms with E-state index in [9.17, 15) is 28.8 Å². The van der Waals surface area contributed by atoms with Crippen LogP contribution >= 0.6 is 34.0 Å². The molecule has 0 atom stereocenters. The van der Waals surface area contributed by atoms with Gasteiger partial charge in [0.15, 0.2) is 23.1 Å². The summed E-state index contributed by atoms with van der Waals surface area (Å²) in [5.74, 6) is -0.205. The summed E-state index contributed by atoms with van der Waals surface area (Å²) in [6.07, 6.45) is 0. The first-order valence-electron chi connectivity index (χ1n) is 17.6. The van der Waals surface area contributed by atoms with Crippen molar-refractivity contribution in [3.8, 4) is 5.75 Å². The Morgan fingerprint density at radius 1 is 0.603 bits per heavy atom. The Balaban J connectivity index is 0.000000147. The maximum Gasteiger partial charge on any atom is 0.204 e. The molecule has 9 nitrogen and oxygen atoms in total. The van der Waals surface area contributed by atoms with Crippen LogP contribution in [0.2, 0.25) is 0 Å². The van der Waals surface area contributed by atoms with Crippen LogP contribution in [0.4, 0.5) is 0 Å². The van der Waals surface area contributed by atoms with Crippen molar-refractivity contribution in [1.82, 2.24) is 0 Å². The number of fused-ring (bicyclic) bond motifs is 6. The zero-order chi connectivity index (χ0) is 40.5. The third-order valence-electron chi connectivity index (χ3n) is 9.54. The van der Waals surface area contributed by atoms with E-state index in [-0.39, 0.29) is 47.7 Å². The van der Waals surface area contributed by atoms with Crippen molar-refractivity contribution in [1.29, 1.82) is 0 Å². The molecule has 0 spiro atoms. The van der Waals surface area contributed by atoms with E-state index >= 15 is 0 Å². The molecule has 7 aromatic rings. The van der Waals surface area contributed by atoms with Gasteiger partial charge < -0.3 is 14.2 Å². The zero-order valence-corrected chi connectivity index (χ0v) is 33.9. The van der Waals surface area contributed by atoms with E-state index in [4.69, 9.17) is 14.2 Å². The van der Waals surface area contributed by atoms with Gasteiger partial charge in [0.1, 0.15) is 5.75 Å². The summed E-state index contributed by atoms with van der Waals surface area (Å²) in [4.78, 5) is 74.4. The quantitative estimate of drug-likeness (QED) is 0.144. The first kappa shape index (κ1) is 41.9. The summed E-state index contributed by atoms with van der Waals surface area (Å²) in [6.45, 7) is 3.59. The van der Waals surface area contributed by atoms with E-state index in [1.807, 2.05) is 6.07 Å². The van der Waals surface area contributed by atoms with E-state index in [1.54, 1.807) is 74.4 Å². The smallest absolute Gasteiger partial charge is 0.204 e. The highest BCUT2D eigenvalue weighted by molar-refractivity contribution is 7.17. The molecule has 0 unspecified atom stereocenters. The molecule has 0 amide bonds. The minimum absolute atomic E-state index is 0. The maximum atomic E-state index is 12.6. The number of thiophene rings is 3. The number of rotatable bonds is 7. The van der Waals surface area contributed by atoms with Gasteiger partial charge in [-0.05, 0) is 78.2 Å². The van der Waals surface area contributed by atoms with Crippen molar-refractivity contribution in [2.24, 2.45) is 0 Å². The number of carbonyl (C=O) groups is 6. The molecule has 0 fully saturated rings. The maximum absolute atomic E-state index is 12.6. The summed E-state index contributed by atoms with van der Waals surface area (Å²) in [6, 6.07) is 24.4. The van der Waals surface area contributed by atoms with Gasteiger partial charge >= 0.3 is 0 Å². The highest BCUT2D eigenvalue weighted by Gasteiger charge is 2.35. The Labute approximate surface area is 346 Å². The molecule has 2 aliphatic rings. The predicted molar refractivity (Wildman–Crippen MR) is 229 cm³/mol. The highest BCUT2D eigenvalue weighted by atomic mass is 32.1. The monoisotopic (exact) mass is 830 g/mol. The average molecular weight is 831 g/mol. The molecular formula is C46H38O9S3. The van der Waals surface area contributed by atoms with Crippen molar-refractivity contribution < 1.29 is 43.0 Å². The zero-order valence-electron chi connectivity index (χ0n) is 31.5. The second-order valence-electron chi connectivity index (χ2n) is 13.2. The van der Waals surface area contributed by atoms with E-state index in [0.717, 1.165) is 39.5 Å². The van der Waals surface area contributed by atoms with Crippen molar-refractivity contribution >= 4 is 89.6 Å². The molecule has 4 aromatic carbocycles. The van der Waals surface area contributed by atoms with Gasteiger partial charge in [-0.2, -0.15) is 0 Å². The summed E-state index contributed by atoms with van der Waals surface area (Å²) in [5, 5.41) is 7.33. The molecule has 58 heavy (non-hydrogen) atoms. The number of methoxy groups -OCH3 is 3. The van der Waals surface area contributed by atoms with Crippen LogP contribution < -0.4 is 4.74 Å². The first-order valence-corrected chi connectivity index (χ1v) is 20.2. The van der Waals surface area contributed by atoms with Crippen LogP contribution in [0.15, 0.2) is 89.6 Å². The van der Waals surface area contributed by atoms with Crippen LogP contribution in [0.5, 0.6) is 5.75 Å². The molecule has 0 saturated heterocycles. The standard InChI is InChI=1S/2C16H12O4S.C13H10OS.CH4/c1-8(17)13-6-12-14(18)10-4-3-9(7-20-2)5-11(10)15(19)16(12)21-13;1-8(17)12-7-21-16-13(12)14(18)10-4-3-9(6-20-2)5-11(10)15(16)19;1-14-13-10-5-3-2-4-9(10)8-12-11(13)6-7-15-12;/h3-6H,7H2,1-2H3;3-5,7H,6H2,1-2H3;2-8H,1H3;1H4. The summed E-state index contributed by atoms with van der Waals surface area (Å²) >= 11 is 3.99. The molecule has 3 heterocycles. The van der Waals surface area contributed by atoms with Gasteiger partial charge in [0.2, 0.25) is 11.6 Å². The van der Waals surface area contributed by atoms with Gasteiger partial charge in [-0.15, -0.1) is 34.0 Å². The third-order valence-corrected chi connectivity index (χ3v) is 12.6. The molecule has 0 aliphatic heterocycles. The molecule has 0 saturated carbocycles. The lowest BCUT2D eigenvalue weighted by Crippen LogP contribution is -2.21. The number of Topliss-reactive ketones (excluding diaryl/α,β-unsaturated/α-hetero) is 2. The fraction of sp³-hybridized carbons (Fsp3) is 0.174. The first-order chi connectivity index (χ1) is 27.5. The topological polar surface area (TPSA) is 130 Å². The minimum Gasteiger partial charge on any atom is -0.495 e. The van der Waals surface area contributed by atoms with Crippen molar-refractivity contribution in [2.45, 2.75) is 34.5 Å². The van der Waals surface area contributed by atoms with Crippen LogP contribution in [0, 0.1) is 0 Å². The normalized spacial score (nSPS) is 12.3. The fourth-order valence-electron chi connectivity index (χ4n) is 6.86. The second kappa shape index (κ2) is 17.4. The molecular weight excluding hydrogens is 793 g/mol. The highest BCUT2D eigenvalue weighted by Crippen LogP contribution is 2.38. The lowest BCUT2D eigenvalue weighted by Gasteiger charge is -2.16. The van der Waals surface area contributed by atoms with Crippen LogP contribution in [0.3, 0.4) is 0 Å². The Bertz CT molecular complexity index is 2770. The van der Waals surface area contributed by atoms with E-state index < -0.39 is 0 Å². The second-order valence-corrected chi connectivity index (χ2v) is 16.1. The SMILES string of the molecule is C.COCc1ccc2c(c1)C(=O)c1sc(C(C)=O)cc1C2=O.COCc1ccc2c(c1)C(=O)c1scc(C(C)=O)c1C2=O.COc1c2ccccc2cc2sccc12. The van der Waals surface area contributed by atoms with E-state index in [1.165, 1.54) is 40.8 Å². The number of hydrogen-bond donors (Lipinski definition) is 0. The van der Waals surface area contributed by atoms with Gasteiger partial charge in [0.25, 0.3) is 0 Å². The number of carbonyl (C=O) groups excluding carboxylic acids is 6. The van der Waals surface area contributed by atoms with Crippen molar-refractivity contribution in [3.05, 3.63) is 154 Å². The van der Waals surface area contributed by atoms with Crippen LogP contribution in [-0.2, 0) is 22.7 Å². The Morgan fingerprint density at radius 2 is 1.22 bits per heavy atom. The fourth-order valence-corrected chi connectivity index (χ4v) is 9.75.